The summed E-state index contributed by atoms with van der Waals surface area (Å²) >= 11 is 0. The van der Waals surface area contributed by atoms with E-state index in [1.54, 1.807) is 14.2 Å². The number of aromatic nitrogens is 2. The number of fused-ring (bicyclic) bond motifs is 2. The van der Waals surface area contributed by atoms with E-state index < -0.39 is 0 Å². The van der Waals surface area contributed by atoms with Crippen LogP contribution in [-0.4, -0.2) is 54.5 Å². The lowest BCUT2D eigenvalue weighted by molar-refractivity contribution is -0.184. The number of aromatic amines is 1. The Labute approximate surface area is 232 Å². The van der Waals surface area contributed by atoms with Crippen molar-refractivity contribution in [3.8, 4) is 6.07 Å². The van der Waals surface area contributed by atoms with Crippen LogP contribution in [0.1, 0.15) is 105 Å². The second kappa shape index (κ2) is 12.9. The Bertz CT molecular complexity index is 1190. The smallest absolute Gasteiger partial charge is 0.291 e. The highest BCUT2D eigenvalue weighted by Gasteiger charge is 2.55. The summed E-state index contributed by atoms with van der Waals surface area (Å²) in [5.74, 6) is 0.0493. The van der Waals surface area contributed by atoms with Crippen molar-refractivity contribution in [2.75, 3.05) is 32.8 Å². The maximum atomic E-state index is 13.1. The number of methoxy groups -OCH3 is 2. The molecule has 2 fully saturated rings. The maximum Gasteiger partial charge on any atom is 0.291 e. The summed E-state index contributed by atoms with van der Waals surface area (Å²) in [7, 11) is 3.48. The molecule has 8 heteroatoms. The van der Waals surface area contributed by atoms with Crippen LogP contribution in [0.2, 0.25) is 0 Å². The van der Waals surface area contributed by atoms with Crippen LogP contribution in [0.25, 0.3) is 5.57 Å². The SMILES string of the molecule is CCC/C=C(\CCCC)c1cc(C2C[C@@]3(COC)CC[C@@](COC)(C2)O3)ccc1NC(=O)c1ncc(C#N)[nH]1. The summed E-state index contributed by atoms with van der Waals surface area (Å²) in [6, 6.07) is 8.41. The van der Waals surface area contributed by atoms with E-state index in [0.29, 0.717) is 13.2 Å². The molecule has 1 aromatic carbocycles. The van der Waals surface area contributed by atoms with Gasteiger partial charge in [0.1, 0.15) is 11.8 Å². The number of H-pyrrole nitrogens is 1. The van der Waals surface area contributed by atoms with Gasteiger partial charge in [0, 0.05) is 25.5 Å². The van der Waals surface area contributed by atoms with Gasteiger partial charge in [-0.1, -0.05) is 38.8 Å². The molecule has 3 atom stereocenters. The van der Waals surface area contributed by atoms with Gasteiger partial charge in [-0.05, 0) is 74.1 Å². The van der Waals surface area contributed by atoms with Gasteiger partial charge < -0.3 is 24.5 Å². The van der Waals surface area contributed by atoms with E-state index in [0.717, 1.165) is 69.0 Å². The van der Waals surface area contributed by atoms with Crippen molar-refractivity contribution in [1.82, 2.24) is 9.97 Å². The molecule has 2 aliphatic rings. The van der Waals surface area contributed by atoms with Gasteiger partial charge in [-0.3, -0.25) is 4.79 Å². The van der Waals surface area contributed by atoms with E-state index in [9.17, 15) is 4.79 Å². The van der Waals surface area contributed by atoms with Gasteiger partial charge in [-0.25, -0.2) is 4.98 Å². The highest BCUT2D eigenvalue weighted by atomic mass is 16.6. The third-order valence-corrected chi connectivity index (χ3v) is 8.02. The number of nitrogens with one attached hydrogen (secondary N) is 2. The molecule has 2 aliphatic heterocycles. The maximum absolute atomic E-state index is 13.1. The largest absolute Gasteiger partial charge is 0.382 e. The van der Waals surface area contributed by atoms with Crippen LogP contribution < -0.4 is 5.32 Å². The van der Waals surface area contributed by atoms with Gasteiger partial charge in [-0.15, -0.1) is 0 Å². The molecule has 2 bridgehead atoms. The van der Waals surface area contributed by atoms with Crippen LogP contribution in [0.15, 0.2) is 30.5 Å². The molecule has 0 spiro atoms. The highest BCUT2D eigenvalue weighted by Crippen LogP contribution is 2.54. The van der Waals surface area contributed by atoms with Crippen LogP contribution in [0.5, 0.6) is 0 Å². The molecule has 2 aromatic rings. The van der Waals surface area contributed by atoms with Gasteiger partial charge >= 0.3 is 0 Å². The van der Waals surface area contributed by atoms with Crippen LogP contribution in [0.4, 0.5) is 5.69 Å². The Kier molecular flexibility index (Phi) is 9.60. The molecule has 8 nitrogen and oxygen atoms in total. The summed E-state index contributed by atoms with van der Waals surface area (Å²) in [6.07, 6.45) is 12.5. The number of nitrogens with zero attached hydrogens (tertiary/aromatic N) is 2. The fourth-order valence-electron chi connectivity index (χ4n) is 6.26. The molecular weight excluding hydrogens is 492 g/mol. The number of carbonyl (C=O) groups excluding carboxylic acids is 1. The van der Waals surface area contributed by atoms with Gasteiger partial charge in [0.25, 0.3) is 5.91 Å². The molecule has 1 amide bonds. The summed E-state index contributed by atoms with van der Waals surface area (Å²) in [5.41, 5.74) is 3.96. The predicted molar refractivity (Wildman–Crippen MR) is 152 cm³/mol. The minimum atomic E-state index is -0.363. The zero-order valence-corrected chi connectivity index (χ0v) is 23.8. The number of benzene rings is 1. The number of allylic oxidation sites excluding steroid dienone is 2. The van der Waals surface area contributed by atoms with Gasteiger partial charge in [0.2, 0.25) is 0 Å². The van der Waals surface area contributed by atoms with Crippen molar-refractivity contribution >= 4 is 17.2 Å². The summed E-state index contributed by atoms with van der Waals surface area (Å²) < 4.78 is 17.9. The first-order valence-corrected chi connectivity index (χ1v) is 14.2. The molecule has 2 saturated heterocycles. The Balaban J connectivity index is 1.72. The number of rotatable bonds is 13. The van der Waals surface area contributed by atoms with E-state index in [4.69, 9.17) is 19.5 Å². The molecule has 2 N–H and O–H groups in total. The highest BCUT2D eigenvalue weighted by molar-refractivity contribution is 6.03. The zero-order valence-electron chi connectivity index (χ0n) is 23.8. The van der Waals surface area contributed by atoms with Crippen LogP contribution in [-0.2, 0) is 14.2 Å². The molecule has 0 radical (unpaired) electrons. The fraction of sp³-hybridized carbons (Fsp3) is 0.581. The van der Waals surface area contributed by atoms with E-state index in [2.05, 4.69) is 47.3 Å². The third kappa shape index (κ3) is 6.60. The lowest BCUT2D eigenvalue weighted by Gasteiger charge is -2.44. The Hall–Kier alpha value is -2.99. The van der Waals surface area contributed by atoms with Crippen molar-refractivity contribution < 1.29 is 19.0 Å². The lowest BCUT2D eigenvalue weighted by atomic mass is 9.79. The van der Waals surface area contributed by atoms with Crippen LogP contribution in [0, 0.1) is 11.3 Å². The number of amides is 1. The van der Waals surface area contributed by atoms with Gasteiger partial charge in [0.15, 0.2) is 5.82 Å². The second-order valence-corrected chi connectivity index (χ2v) is 11.1. The molecule has 1 unspecified atom stereocenters. The van der Waals surface area contributed by atoms with Crippen molar-refractivity contribution in [3.63, 3.8) is 0 Å². The predicted octanol–water partition coefficient (Wildman–Crippen LogP) is 6.37. The number of hydrogen-bond acceptors (Lipinski definition) is 6. The topological polar surface area (TPSA) is 109 Å². The standard InChI is InChI=1S/C31H42N4O4/c1-5-7-9-22(10-8-6-2)26-15-23(11-12-27(26)35-29(36)28-33-19-25(18-32)34-28)24-16-30(20-37-3)13-14-31(17-24,39-30)21-38-4/h9,11-12,15,19,24H,5-8,10,13-14,16-17,20-21H2,1-4H3,(H,33,34)(H,35,36)/b22-9+/t24?,30-,31+. The Morgan fingerprint density at radius 2 is 1.92 bits per heavy atom. The monoisotopic (exact) mass is 534 g/mol. The Morgan fingerprint density at radius 3 is 2.51 bits per heavy atom. The first-order chi connectivity index (χ1) is 18.9. The number of anilines is 1. The number of unbranched alkanes of at least 4 members (excludes halogenated alkanes) is 2. The van der Waals surface area contributed by atoms with Crippen molar-refractivity contribution in [2.24, 2.45) is 0 Å². The van der Waals surface area contributed by atoms with Gasteiger partial charge in [-0.2, -0.15) is 5.26 Å². The molecule has 3 heterocycles. The number of ether oxygens (including phenoxy) is 3. The summed E-state index contributed by atoms with van der Waals surface area (Å²) in [5, 5.41) is 12.2. The molecule has 210 valence electrons. The molecule has 1 aromatic heterocycles. The minimum absolute atomic E-state index is 0.123. The second-order valence-electron chi connectivity index (χ2n) is 11.1. The van der Waals surface area contributed by atoms with Crippen molar-refractivity contribution in [2.45, 2.75) is 88.8 Å². The van der Waals surface area contributed by atoms with E-state index in [1.165, 1.54) is 17.3 Å². The number of imidazole rings is 1. The van der Waals surface area contributed by atoms with Gasteiger partial charge in [0.05, 0.1) is 30.6 Å². The fourth-order valence-corrected chi connectivity index (χ4v) is 6.26. The molecule has 0 saturated carbocycles. The van der Waals surface area contributed by atoms with E-state index in [-0.39, 0.29) is 34.5 Å². The number of hydrogen-bond donors (Lipinski definition) is 2. The van der Waals surface area contributed by atoms with Crippen LogP contribution in [0.3, 0.4) is 0 Å². The Morgan fingerprint density at radius 1 is 1.21 bits per heavy atom. The molecule has 39 heavy (non-hydrogen) atoms. The first kappa shape index (κ1) is 29.0. The van der Waals surface area contributed by atoms with Crippen molar-refractivity contribution in [1.29, 1.82) is 5.26 Å². The average Bonchev–Trinajstić information content (AvgIpc) is 3.52. The minimum Gasteiger partial charge on any atom is -0.382 e. The first-order valence-electron chi connectivity index (χ1n) is 14.2. The van der Waals surface area contributed by atoms with E-state index in [1.807, 2.05) is 12.1 Å². The average molecular weight is 535 g/mol. The normalized spacial score (nSPS) is 24.5. The molecular formula is C31H42N4O4. The number of nitriles is 1. The quantitative estimate of drug-likeness (QED) is 0.309. The van der Waals surface area contributed by atoms with Crippen molar-refractivity contribution in [3.05, 3.63) is 53.1 Å². The lowest BCUT2D eigenvalue weighted by Crippen LogP contribution is -2.48. The number of carbonyl (C=O) groups is 1. The third-order valence-electron chi connectivity index (χ3n) is 8.02. The molecule has 4 rings (SSSR count). The molecule has 0 aliphatic carbocycles. The van der Waals surface area contributed by atoms with Crippen LogP contribution >= 0.6 is 0 Å². The van der Waals surface area contributed by atoms with E-state index >= 15 is 0 Å². The summed E-state index contributed by atoms with van der Waals surface area (Å²) in [6.45, 7) is 5.52. The summed E-state index contributed by atoms with van der Waals surface area (Å²) in [4.78, 5) is 19.9. The zero-order chi connectivity index (χ0) is 27.9.